The number of aliphatic imine (C=N–C) groups is 1. The van der Waals surface area contributed by atoms with Gasteiger partial charge < -0.3 is 15.2 Å². The Morgan fingerprint density at radius 2 is 1.96 bits per heavy atom. The van der Waals surface area contributed by atoms with Gasteiger partial charge in [-0.15, -0.1) is 34.2 Å². The summed E-state index contributed by atoms with van der Waals surface area (Å²) in [4.78, 5) is 7.20. The van der Waals surface area contributed by atoms with Crippen LogP contribution in [0, 0.1) is 0 Å². The van der Waals surface area contributed by atoms with Gasteiger partial charge in [-0.3, -0.25) is 4.90 Å². The lowest BCUT2D eigenvalue weighted by Crippen LogP contribution is -2.54. The van der Waals surface area contributed by atoms with Crippen LogP contribution in [0.25, 0.3) is 0 Å². The molecule has 2 rings (SSSR count). The summed E-state index contributed by atoms with van der Waals surface area (Å²) < 4.78 is 1.89. The average Bonchev–Trinajstić information content (AvgIpc) is 2.96. The third kappa shape index (κ3) is 6.19. The first-order valence-electron chi connectivity index (χ1n) is 8.63. The minimum atomic E-state index is 0. The van der Waals surface area contributed by atoms with Gasteiger partial charge in [0.05, 0.1) is 0 Å². The van der Waals surface area contributed by atoms with E-state index in [1.807, 2.05) is 11.6 Å². The predicted octanol–water partition coefficient (Wildman–Crippen LogP) is 1.75. The van der Waals surface area contributed by atoms with Crippen LogP contribution in [0.2, 0.25) is 0 Å². The van der Waals surface area contributed by atoms with Crippen LogP contribution in [0.15, 0.2) is 11.3 Å². The van der Waals surface area contributed by atoms with Crippen molar-refractivity contribution >= 4 is 29.9 Å². The molecule has 0 unspecified atom stereocenters. The fraction of sp³-hybridized carbons (Fsp3) is 0.812. The third-order valence-corrected chi connectivity index (χ3v) is 4.43. The predicted molar refractivity (Wildman–Crippen MR) is 109 cm³/mol. The molecule has 0 radical (unpaired) electrons. The van der Waals surface area contributed by atoms with E-state index in [2.05, 4.69) is 51.5 Å². The van der Waals surface area contributed by atoms with Crippen LogP contribution in [-0.2, 0) is 13.6 Å². The summed E-state index contributed by atoms with van der Waals surface area (Å²) in [6, 6.07) is 0. The summed E-state index contributed by atoms with van der Waals surface area (Å²) in [7, 11) is 1.94. The van der Waals surface area contributed by atoms with E-state index in [-0.39, 0.29) is 29.5 Å². The van der Waals surface area contributed by atoms with E-state index in [1.165, 1.54) is 32.4 Å². The van der Waals surface area contributed by atoms with Crippen LogP contribution < -0.4 is 10.6 Å². The van der Waals surface area contributed by atoms with Gasteiger partial charge in [0.1, 0.15) is 12.9 Å². The molecule has 0 aliphatic carbocycles. The zero-order valence-corrected chi connectivity index (χ0v) is 17.7. The van der Waals surface area contributed by atoms with Crippen molar-refractivity contribution in [2.45, 2.75) is 52.1 Å². The van der Waals surface area contributed by atoms with Gasteiger partial charge >= 0.3 is 0 Å². The molecule has 24 heavy (non-hydrogen) atoms. The molecule has 2 heterocycles. The SMILES string of the molecule is CCNC(=NCc1nncn1C)NCC(C)(C)N1CCCCC1.I. The molecule has 1 aromatic rings. The second kappa shape index (κ2) is 10.2. The van der Waals surface area contributed by atoms with Crippen molar-refractivity contribution in [2.75, 3.05) is 26.2 Å². The molecule has 0 spiro atoms. The first-order chi connectivity index (χ1) is 11.0. The summed E-state index contributed by atoms with van der Waals surface area (Å²) in [6.07, 6.45) is 5.68. The molecular formula is C16H32IN7. The molecule has 1 fully saturated rings. The van der Waals surface area contributed by atoms with Crippen LogP contribution in [0.1, 0.15) is 45.9 Å². The normalized spacial score (nSPS) is 16.6. The van der Waals surface area contributed by atoms with E-state index in [9.17, 15) is 0 Å². The Balaban J connectivity index is 0.00000288. The number of halogens is 1. The number of nitrogens with one attached hydrogen (secondary N) is 2. The van der Waals surface area contributed by atoms with Crippen LogP contribution in [-0.4, -0.2) is 57.3 Å². The van der Waals surface area contributed by atoms with Crippen LogP contribution >= 0.6 is 24.0 Å². The summed E-state index contributed by atoms with van der Waals surface area (Å²) >= 11 is 0. The monoisotopic (exact) mass is 449 g/mol. The summed E-state index contributed by atoms with van der Waals surface area (Å²) in [5.41, 5.74) is 0.126. The number of piperidine rings is 1. The minimum absolute atomic E-state index is 0. The number of aromatic nitrogens is 3. The Morgan fingerprint density at radius 1 is 1.25 bits per heavy atom. The van der Waals surface area contributed by atoms with E-state index in [1.54, 1.807) is 6.33 Å². The zero-order chi connectivity index (χ0) is 16.7. The highest BCUT2D eigenvalue weighted by molar-refractivity contribution is 14.0. The fourth-order valence-electron chi connectivity index (χ4n) is 2.85. The van der Waals surface area contributed by atoms with E-state index in [4.69, 9.17) is 0 Å². The molecule has 2 N–H and O–H groups in total. The lowest BCUT2D eigenvalue weighted by atomic mass is 9.98. The molecule has 8 heteroatoms. The van der Waals surface area contributed by atoms with Crippen molar-refractivity contribution in [3.63, 3.8) is 0 Å². The Kier molecular flexibility index (Phi) is 8.96. The number of nitrogens with zero attached hydrogens (tertiary/aromatic N) is 5. The Bertz CT molecular complexity index is 506. The Labute approximate surface area is 162 Å². The van der Waals surface area contributed by atoms with Gasteiger partial charge in [-0.25, -0.2) is 4.99 Å². The highest BCUT2D eigenvalue weighted by atomic mass is 127. The Morgan fingerprint density at radius 3 is 2.54 bits per heavy atom. The van der Waals surface area contributed by atoms with Crippen LogP contribution in [0.3, 0.4) is 0 Å². The minimum Gasteiger partial charge on any atom is -0.357 e. The van der Waals surface area contributed by atoms with Crippen molar-refractivity contribution in [2.24, 2.45) is 12.0 Å². The van der Waals surface area contributed by atoms with Gasteiger partial charge in [0.15, 0.2) is 11.8 Å². The van der Waals surface area contributed by atoms with Gasteiger partial charge in [-0.1, -0.05) is 6.42 Å². The molecule has 0 atom stereocenters. The maximum absolute atomic E-state index is 4.62. The van der Waals surface area contributed by atoms with E-state index in [0.717, 1.165) is 24.9 Å². The van der Waals surface area contributed by atoms with Crippen molar-refractivity contribution in [1.82, 2.24) is 30.3 Å². The topological polar surface area (TPSA) is 70.4 Å². The lowest BCUT2D eigenvalue weighted by Gasteiger charge is -2.41. The fourth-order valence-corrected chi connectivity index (χ4v) is 2.85. The average molecular weight is 449 g/mol. The van der Waals surface area contributed by atoms with Gasteiger partial charge in [0, 0.05) is 25.7 Å². The lowest BCUT2D eigenvalue weighted by molar-refractivity contribution is 0.0982. The van der Waals surface area contributed by atoms with Gasteiger partial charge in [0.25, 0.3) is 0 Å². The number of hydrogen-bond donors (Lipinski definition) is 2. The molecule has 0 aromatic carbocycles. The smallest absolute Gasteiger partial charge is 0.191 e. The number of aryl methyl sites for hydroxylation is 1. The van der Waals surface area contributed by atoms with Crippen molar-refractivity contribution in [3.8, 4) is 0 Å². The maximum atomic E-state index is 4.62. The second-order valence-corrected chi connectivity index (χ2v) is 6.77. The standard InChI is InChI=1S/C16H31N7.HI/c1-5-17-15(18-11-14-21-20-13-22(14)4)19-12-16(2,3)23-9-7-6-8-10-23;/h13H,5-12H2,1-4H3,(H2,17,18,19);1H. The van der Waals surface area contributed by atoms with E-state index in [0.29, 0.717) is 6.54 Å². The van der Waals surface area contributed by atoms with Gasteiger partial charge in [-0.05, 0) is 46.7 Å². The molecule has 1 aromatic heterocycles. The summed E-state index contributed by atoms with van der Waals surface area (Å²) in [5, 5.41) is 14.7. The van der Waals surface area contributed by atoms with Gasteiger partial charge in [0.2, 0.25) is 0 Å². The second-order valence-electron chi connectivity index (χ2n) is 6.77. The largest absolute Gasteiger partial charge is 0.357 e. The molecule has 1 aliphatic rings. The first-order valence-corrected chi connectivity index (χ1v) is 8.63. The molecule has 138 valence electrons. The summed E-state index contributed by atoms with van der Waals surface area (Å²) in [6.45, 7) is 11.3. The molecule has 0 bridgehead atoms. The third-order valence-electron chi connectivity index (χ3n) is 4.43. The van der Waals surface area contributed by atoms with Gasteiger partial charge in [-0.2, -0.15) is 0 Å². The molecule has 1 aliphatic heterocycles. The number of hydrogen-bond acceptors (Lipinski definition) is 4. The summed E-state index contributed by atoms with van der Waals surface area (Å²) in [5.74, 6) is 1.69. The number of likely N-dealkylation sites (tertiary alicyclic amines) is 1. The molecule has 1 saturated heterocycles. The molecule has 0 saturated carbocycles. The zero-order valence-electron chi connectivity index (χ0n) is 15.4. The van der Waals surface area contributed by atoms with Crippen molar-refractivity contribution in [3.05, 3.63) is 12.2 Å². The van der Waals surface area contributed by atoms with Crippen molar-refractivity contribution in [1.29, 1.82) is 0 Å². The first kappa shape index (κ1) is 21.1. The molecule has 0 amide bonds. The van der Waals surface area contributed by atoms with E-state index < -0.39 is 0 Å². The molecule has 7 nitrogen and oxygen atoms in total. The van der Waals surface area contributed by atoms with Crippen LogP contribution in [0.5, 0.6) is 0 Å². The quantitative estimate of drug-likeness (QED) is 0.394. The van der Waals surface area contributed by atoms with Crippen LogP contribution in [0.4, 0.5) is 0 Å². The molecular weight excluding hydrogens is 417 g/mol. The number of rotatable bonds is 6. The highest BCUT2D eigenvalue weighted by Crippen LogP contribution is 2.19. The number of guanidine groups is 1. The van der Waals surface area contributed by atoms with Crippen molar-refractivity contribution < 1.29 is 0 Å². The highest BCUT2D eigenvalue weighted by Gasteiger charge is 2.27. The maximum Gasteiger partial charge on any atom is 0.191 e. The Hall–Kier alpha value is -0.900. The van der Waals surface area contributed by atoms with E-state index >= 15 is 0 Å².